The second kappa shape index (κ2) is 4.51. The normalized spacial score (nSPS) is 16.2. The van der Waals surface area contributed by atoms with Gasteiger partial charge in [-0.3, -0.25) is 14.3 Å². The minimum Gasteiger partial charge on any atom is -0.276 e. The molecule has 0 bridgehead atoms. The maximum atomic E-state index is 11.5. The van der Waals surface area contributed by atoms with Crippen molar-refractivity contribution in [1.82, 2.24) is 9.55 Å². The van der Waals surface area contributed by atoms with Gasteiger partial charge in [0.25, 0.3) is 5.56 Å². The zero-order valence-electron chi connectivity index (χ0n) is 9.45. The fraction of sp³-hybridized carbons (Fsp3) is 0.500. The molecule has 1 aromatic heterocycles. The molecule has 1 aromatic rings. The lowest BCUT2D eigenvalue weighted by Gasteiger charge is -2.13. The van der Waals surface area contributed by atoms with Crippen molar-refractivity contribution in [2.45, 2.75) is 39.0 Å². The number of aryl methyl sites for hydroxylation is 1. The molecule has 1 N–H and O–H groups in total. The zero-order valence-corrected chi connectivity index (χ0v) is 9.45. The monoisotopic (exact) mass is 220 g/mol. The summed E-state index contributed by atoms with van der Waals surface area (Å²) in [5.41, 5.74) is 1.20. The van der Waals surface area contributed by atoms with E-state index in [0.717, 1.165) is 12.8 Å². The number of hydrogen-bond acceptors (Lipinski definition) is 2. The van der Waals surface area contributed by atoms with E-state index in [1.165, 1.54) is 29.4 Å². The molecular formula is C12H16N2O2. The summed E-state index contributed by atoms with van der Waals surface area (Å²) in [4.78, 5) is 25.0. The molecule has 16 heavy (non-hydrogen) atoms. The standard InChI is InChI=1S/C12H16N2O2/c1-9-7-14(12(16)13-11(9)15)8-10-5-3-2-4-6-10/h7-8H,2-6H2,1H3,(H,13,15,16). The highest BCUT2D eigenvalue weighted by Gasteiger charge is 2.06. The fourth-order valence-electron chi connectivity index (χ4n) is 2.01. The van der Waals surface area contributed by atoms with E-state index in [0.29, 0.717) is 5.56 Å². The van der Waals surface area contributed by atoms with Crippen molar-refractivity contribution < 1.29 is 0 Å². The molecule has 0 radical (unpaired) electrons. The van der Waals surface area contributed by atoms with Crippen molar-refractivity contribution in [2.75, 3.05) is 0 Å². The van der Waals surface area contributed by atoms with E-state index in [2.05, 4.69) is 4.98 Å². The lowest BCUT2D eigenvalue weighted by atomic mass is 9.96. The first-order valence-electron chi connectivity index (χ1n) is 5.68. The summed E-state index contributed by atoms with van der Waals surface area (Å²) in [7, 11) is 0. The van der Waals surface area contributed by atoms with Crippen molar-refractivity contribution in [1.29, 1.82) is 0 Å². The van der Waals surface area contributed by atoms with Gasteiger partial charge in [-0.25, -0.2) is 4.79 Å². The number of nitrogens with one attached hydrogen (secondary N) is 1. The average Bonchev–Trinajstić information content (AvgIpc) is 2.27. The Morgan fingerprint density at radius 1 is 1.25 bits per heavy atom. The van der Waals surface area contributed by atoms with Gasteiger partial charge in [0, 0.05) is 18.0 Å². The number of aromatic amines is 1. The van der Waals surface area contributed by atoms with Crippen LogP contribution in [-0.4, -0.2) is 9.55 Å². The van der Waals surface area contributed by atoms with Crippen LogP contribution in [-0.2, 0) is 0 Å². The molecule has 2 rings (SSSR count). The Hall–Kier alpha value is -1.58. The minimum absolute atomic E-state index is 0.303. The summed E-state index contributed by atoms with van der Waals surface area (Å²) in [6.07, 6.45) is 9.26. The number of rotatable bonds is 1. The highest BCUT2D eigenvalue weighted by Crippen LogP contribution is 2.22. The Labute approximate surface area is 93.6 Å². The van der Waals surface area contributed by atoms with Crippen LogP contribution in [0.25, 0.3) is 6.20 Å². The van der Waals surface area contributed by atoms with E-state index < -0.39 is 0 Å². The molecule has 1 aliphatic carbocycles. The van der Waals surface area contributed by atoms with Crippen molar-refractivity contribution in [2.24, 2.45) is 0 Å². The first-order valence-corrected chi connectivity index (χ1v) is 5.68. The first kappa shape index (κ1) is 10.9. The Morgan fingerprint density at radius 3 is 2.62 bits per heavy atom. The molecule has 0 saturated heterocycles. The van der Waals surface area contributed by atoms with Gasteiger partial charge in [-0.1, -0.05) is 12.0 Å². The van der Waals surface area contributed by atoms with E-state index in [1.807, 2.05) is 6.20 Å². The van der Waals surface area contributed by atoms with Gasteiger partial charge >= 0.3 is 5.69 Å². The van der Waals surface area contributed by atoms with Gasteiger partial charge < -0.3 is 0 Å². The van der Waals surface area contributed by atoms with E-state index in [9.17, 15) is 9.59 Å². The summed E-state index contributed by atoms with van der Waals surface area (Å²) in [5.74, 6) is 0. The van der Waals surface area contributed by atoms with Gasteiger partial charge in [0.05, 0.1) is 0 Å². The van der Waals surface area contributed by atoms with Gasteiger partial charge in [0.15, 0.2) is 0 Å². The Balaban J connectivity index is 2.37. The second-order valence-corrected chi connectivity index (χ2v) is 4.33. The van der Waals surface area contributed by atoms with E-state index >= 15 is 0 Å². The van der Waals surface area contributed by atoms with Crippen molar-refractivity contribution in [3.8, 4) is 0 Å². The summed E-state index contributed by atoms with van der Waals surface area (Å²) < 4.78 is 1.48. The lowest BCUT2D eigenvalue weighted by molar-refractivity contribution is 0.600. The molecule has 86 valence electrons. The number of hydrogen-bond donors (Lipinski definition) is 1. The molecule has 1 saturated carbocycles. The van der Waals surface area contributed by atoms with Crippen LogP contribution in [0.5, 0.6) is 0 Å². The average molecular weight is 220 g/mol. The number of allylic oxidation sites excluding steroid dienone is 1. The van der Waals surface area contributed by atoms with Crippen molar-refractivity contribution in [3.63, 3.8) is 0 Å². The van der Waals surface area contributed by atoms with E-state index in [-0.39, 0.29) is 11.2 Å². The molecule has 1 heterocycles. The van der Waals surface area contributed by atoms with Gasteiger partial charge in [-0.05, 0) is 32.6 Å². The Morgan fingerprint density at radius 2 is 1.94 bits per heavy atom. The van der Waals surface area contributed by atoms with Crippen molar-refractivity contribution >= 4 is 6.20 Å². The number of nitrogens with zero attached hydrogens (tertiary/aromatic N) is 1. The maximum Gasteiger partial charge on any atom is 0.332 e. The molecule has 4 nitrogen and oxygen atoms in total. The van der Waals surface area contributed by atoms with Crippen LogP contribution < -0.4 is 11.2 Å². The zero-order chi connectivity index (χ0) is 11.5. The SMILES string of the molecule is Cc1cn(C=C2CCCCC2)c(=O)[nH]c1=O. The summed E-state index contributed by atoms with van der Waals surface area (Å²) >= 11 is 0. The van der Waals surface area contributed by atoms with Crippen LogP contribution in [0, 0.1) is 6.92 Å². The third-order valence-electron chi connectivity index (χ3n) is 2.96. The first-order chi connectivity index (χ1) is 7.66. The Bertz CT molecular complexity index is 515. The summed E-state index contributed by atoms with van der Waals surface area (Å²) in [5, 5.41) is 0. The van der Waals surface area contributed by atoms with Crippen molar-refractivity contribution in [3.05, 3.63) is 38.2 Å². The molecule has 1 fully saturated rings. The van der Waals surface area contributed by atoms with E-state index in [4.69, 9.17) is 0 Å². The summed E-state index contributed by atoms with van der Waals surface area (Å²) in [6.45, 7) is 1.70. The molecule has 4 heteroatoms. The van der Waals surface area contributed by atoms with Gasteiger partial charge in [-0.15, -0.1) is 0 Å². The smallest absolute Gasteiger partial charge is 0.276 e. The predicted octanol–water partition coefficient (Wildman–Crippen LogP) is 1.65. The number of aromatic nitrogens is 2. The highest BCUT2D eigenvalue weighted by atomic mass is 16.2. The van der Waals surface area contributed by atoms with Crippen LogP contribution in [0.2, 0.25) is 0 Å². The van der Waals surface area contributed by atoms with Crippen LogP contribution in [0.15, 0.2) is 21.4 Å². The largest absolute Gasteiger partial charge is 0.332 e. The molecule has 0 aromatic carbocycles. The lowest BCUT2D eigenvalue weighted by Crippen LogP contribution is -2.28. The third kappa shape index (κ3) is 2.32. The quantitative estimate of drug-likeness (QED) is 0.782. The van der Waals surface area contributed by atoms with Gasteiger partial charge in [0.2, 0.25) is 0 Å². The van der Waals surface area contributed by atoms with Gasteiger partial charge in [0.1, 0.15) is 0 Å². The highest BCUT2D eigenvalue weighted by molar-refractivity contribution is 5.31. The minimum atomic E-state index is -0.353. The maximum absolute atomic E-state index is 11.5. The number of H-pyrrole nitrogens is 1. The molecule has 1 aliphatic rings. The van der Waals surface area contributed by atoms with E-state index in [1.54, 1.807) is 13.1 Å². The predicted molar refractivity (Wildman–Crippen MR) is 63.4 cm³/mol. The second-order valence-electron chi connectivity index (χ2n) is 4.33. The van der Waals surface area contributed by atoms with Crippen LogP contribution in [0.1, 0.15) is 37.7 Å². The fourth-order valence-corrected chi connectivity index (χ4v) is 2.01. The topological polar surface area (TPSA) is 54.9 Å². The third-order valence-corrected chi connectivity index (χ3v) is 2.96. The molecule has 0 atom stereocenters. The van der Waals surface area contributed by atoms with Crippen LogP contribution >= 0.6 is 0 Å². The van der Waals surface area contributed by atoms with Gasteiger partial charge in [-0.2, -0.15) is 0 Å². The molecule has 0 aliphatic heterocycles. The molecule has 0 amide bonds. The molecule has 0 spiro atoms. The molecular weight excluding hydrogens is 204 g/mol. The molecule has 0 unspecified atom stereocenters. The summed E-state index contributed by atoms with van der Waals surface area (Å²) in [6, 6.07) is 0. The van der Waals surface area contributed by atoms with Crippen LogP contribution in [0.4, 0.5) is 0 Å². The van der Waals surface area contributed by atoms with Crippen LogP contribution in [0.3, 0.4) is 0 Å². The Kier molecular flexibility index (Phi) is 3.08.